The highest BCUT2D eigenvalue weighted by molar-refractivity contribution is 9.10. The van der Waals surface area contributed by atoms with Crippen molar-refractivity contribution >= 4 is 33.3 Å². The molecule has 0 radical (unpaired) electrons. The molecule has 1 aliphatic heterocycles. The number of hydrogen-bond acceptors (Lipinski definition) is 3. The number of ketones is 1. The van der Waals surface area contributed by atoms with Crippen molar-refractivity contribution in [3.8, 4) is 0 Å². The highest BCUT2D eigenvalue weighted by Gasteiger charge is 2.38. The number of anilines is 1. The van der Waals surface area contributed by atoms with Gasteiger partial charge in [0.05, 0.1) is 24.0 Å². The smallest absolute Gasteiger partial charge is 0.291 e. The molecule has 3 aromatic carbocycles. The molecular weight excluding hydrogens is 416 g/mol. The molecule has 0 unspecified atom stereocenters. The molecule has 28 heavy (non-hydrogen) atoms. The minimum Gasteiger partial charge on any atom is -0.291 e. The van der Waals surface area contributed by atoms with Crippen molar-refractivity contribution < 1.29 is 9.59 Å². The number of Topliss-reactive ketones (excluding diaryl/α,β-unsaturated/α-hetero) is 1. The first-order valence-electron chi connectivity index (χ1n) is 9.03. The quantitative estimate of drug-likeness (QED) is 0.548. The van der Waals surface area contributed by atoms with Gasteiger partial charge >= 0.3 is 5.91 Å². The van der Waals surface area contributed by atoms with Gasteiger partial charge < -0.3 is 0 Å². The molecule has 0 saturated heterocycles. The van der Waals surface area contributed by atoms with Crippen LogP contribution < -0.4 is 4.90 Å². The molecule has 140 valence electrons. The van der Waals surface area contributed by atoms with E-state index in [0.29, 0.717) is 22.4 Å². The van der Waals surface area contributed by atoms with Crippen molar-refractivity contribution in [1.29, 1.82) is 0 Å². The molecule has 3 aromatic rings. The summed E-state index contributed by atoms with van der Waals surface area (Å²) in [6, 6.07) is 25.7. The molecule has 0 fully saturated rings. The highest BCUT2D eigenvalue weighted by atomic mass is 79.9. The fourth-order valence-electron chi connectivity index (χ4n) is 3.72. The maximum Gasteiger partial charge on any atom is 0.300 e. The summed E-state index contributed by atoms with van der Waals surface area (Å²) in [5.41, 5.74) is 3.35. The Morgan fingerprint density at radius 2 is 1.43 bits per heavy atom. The van der Waals surface area contributed by atoms with E-state index < -0.39 is 11.7 Å². The van der Waals surface area contributed by atoms with E-state index in [1.807, 2.05) is 55.6 Å². The molecule has 0 atom stereocenters. The van der Waals surface area contributed by atoms with Gasteiger partial charge in [0.15, 0.2) is 0 Å². The summed E-state index contributed by atoms with van der Waals surface area (Å²) < 4.78 is 0.649. The molecule has 5 heteroatoms. The molecule has 0 N–H and O–H groups in total. The Morgan fingerprint density at radius 3 is 2.00 bits per heavy atom. The van der Waals surface area contributed by atoms with E-state index in [4.69, 9.17) is 0 Å². The molecule has 4 rings (SSSR count). The third-order valence-corrected chi connectivity index (χ3v) is 5.65. The summed E-state index contributed by atoms with van der Waals surface area (Å²) in [7, 11) is 1.97. The zero-order valence-corrected chi connectivity index (χ0v) is 17.0. The fraction of sp³-hybridized carbons (Fsp3) is 0.130. The third kappa shape index (κ3) is 3.28. The number of nitrogens with zero attached hydrogens (tertiary/aromatic N) is 2. The zero-order chi connectivity index (χ0) is 19.7. The number of amides is 1. The molecule has 0 aliphatic carbocycles. The van der Waals surface area contributed by atoms with Gasteiger partial charge in [0, 0.05) is 4.47 Å². The fourth-order valence-corrected chi connectivity index (χ4v) is 4.25. The topological polar surface area (TPSA) is 40.6 Å². The van der Waals surface area contributed by atoms with E-state index in [1.165, 1.54) is 0 Å². The Balaban J connectivity index is 1.70. The van der Waals surface area contributed by atoms with Gasteiger partial charge in [-0.1, -0.05) is 66.7 Å². The lowest BCUT2D eigenvalue weighted by molar-refractivity contribution is -0.114. The lowest BCUT2D eigenvalue weighted by atomic mass is 9.98. The molecular formula is C23H19BrN2O2. The summed E-state index contributed by atoms with van der Waals surface area (Å²) in [5, 5.41) is 0. The van der Waals surface area contributed by atoms with E-state index in [0.717, 1.165) is 11.1 Å². The number of fused-ring (bicyclic) bond motifs is 1. The van der Waals surface area contributed by atoms with Gasteiger partial charge in [-0.25, -0.2) is 0 Å². The minimum absolute atomic E-state index is 0.0403. The molecule has 0 saturated carbocycles. The van der Waals surface area contributed by atoms with Crippen LogP contribution in [0.15, 0.2) is 83.3 Å². The van der Waals surface area contributed by atoms with Gasteiger partial charge in [0.25, 0.3) is 5.78 Å². The standard InChI is InChI=1S/C23H19BrN2O2/c1-25(15-26-19-14-8-13-18(24)20(19)22(27)23(26)28)21(16-9-4-2-5-10-16)17-11-6-3-7-12-17/h2-14,21H,15H2,1H3. The van der Waals surface area contributed by atoms with E-state index in [-0.39, 0.29) is 6.04 Å². The first-order chi connectivity index (χ1) is 13.6. The van der Waals surface area contributed by atoms with Crippen molar-refractivity contribution in [3.63, 3.8) is 0 Å². The summed E-state index contributed by atoms with van der Waals surface area (Å²) in [6.45, 7) is 0.308. The van der Waals surface area contributed by atoms with Crippen molar-refractivity contribution in [3.05, 3.63) is 100 Å². The van der Waals surface area contributed by atoms with Crippen LogP contribution in [0.25, 0.3) is 0 Å². The van der Waals surface area contributed by atoms with E-state index in [1.54, 1.807) is 11.0 Å². The second-order valence-electron chi connectivity index (χ2n) is 6.82. The van der Waals surface area contributed by atoms with Gasteiger partial charge in [-0.05, 0) is 46.2 Å². The molecule has 4 nitrogen and oxygen atoms in total. The zero-order valence-electron chi connectivity index (χ0n) is 15.4. The Morgan fingerprint density at radius 1 is 0.857 bits per heavy atom. The summed E-state index contributed by atoms with van der Waals surface area (Å²) in [6.07, 6.45) is 0. The molecule has 0 aromatic heterocycles. The number of carbonyl (C=O) groups excluding carboxylic acids is 2. The molecule has 0 bridgehead atoms. The average Bonchev–Trinajstić information content (AvgIpc) is 2.96. The molecule has 1 amide bonds. The normalized spacial score (nSPS) is 13.5. The predicted molar refractivity (Wildman–Crippen MR) is 113 cm³/mol. The maximum absolute atomic E-state index is 12.7. The number of carbonyl (C=O) groups is 2. The first-order valence-corrected chi connectivity index (χ1v) is 9.82. The third-order valence-electron chi connectivity index (χ3n) is 4.98. The monoisotopic (exact) mass is 434 g/mol. The van der Waals surface area contributed by atoms with Crippen molar-refractivity contribution in [2.75, 3.05) is 18.6 Å². The Kier molecular flexibility index (Phi) is 5.11. The minimum atomic E-state index is -0.492. The van der Waals surface area contributed by atoms with Crippen LogP contribution in [0, 0.1) is 0 Å². The summed E-state index contributed by atoms with van der Waals surface area (Å²) in [5.74, 6) is -0.958. The van der Waals surface area contributed by atoms with E-state index in [2.05, 4.69) is 45.1 Å². The van der Waals surface area contributed by atoms with E-state index >= 15 is 0 Å². The predicted octanol–water partition coefficient (Wildman–Crippen LogP) is 4.66. The lowest BCUT2D eigenvalue weighted by Crippen LogP contribution is -2.41. The van der Waals surface area contributed by atoms with Crippen LogP contribution in [0.2, 0.25) is 0 Å². The van der Waals surface area contributed by atoms with Crippen molar-refractivity contribution in [1.82, 2.24) is 4.90 Å². The number of benzene rings is 3. The van der Waals surface area contributed by atoms with Crippen LogP contribution in [0.4, 0.5) is 5.69 Å². The van der Waals surface area contributed by atoms with Crippen LogP contribution >= 0.6 is 15.9 Å². The van der Waals surface area contributed by atoms with Gasteiger partial charge in [0.1, 0.15) is 0 Å². The SMILES string of the molecule is CN(CN1C(=O)C(=O)c2c(Br)cccc21)C(c1ccccc1)c1ccccc1. The van der Waals surface area contributed by atoms with Gasteiger partial charge in [-0.2, -0.15) is 0 Å². The summed E-state index contributed by atoms with van der Waals surface area (Å²) >= 11 is 3.40. The first kappa shape index (κ1) is 18.6. The Labute approximate surface area is 172 Å². The lowest BCUT2D eigenvalue weighted by Gasteiger charge is -2.32. The second kappa shape index (κ2) is 7.70. The number of halogens is 1. The Bertz CT molecular complexity index is 982. The van der Waals surface area contributed by atoms with Gasteiger partial charge in [0.2, 0.25) is 0 Å². The number of hydrogen-bond donors (Lipinski definition) is 0. The van der Waals surface area contributed by atoms with Gasteiger partial charge in [-0.15, -0.1) is 0 Å². The van der Waals surface area contributed by atoms with Crippen LogP contribution in [-0.2, 0) is 4.79 Å². The molecule has 0 spiro atoms. The van der Waals surface area contributed by atoms with Gasteiger partial charge in [-0.3, -0.25) is 19.4 Å². The number of rotatable bonds is 5. The van der Waals surface area contributed by atoms with Crippen molar-refractivity contribution in [2.45, 2.75) is 6.04 Å². The average molecular weight is 435 g/mol. The summed E-state index contributed by atoms with van der Waals surface area (Å²) in [4.78, 5) is 28.8. The largest absolute Gasteiger partial charge is 0.300 e. The maximum atomic E-state index is 12.7. The van der Waals surface area contributed by atoms with Crippen LogP contribution in [0.1, 0.15) is 27.5 Å². The van der Waals surface area contributed by atoms with Crippen LogP contribution in [0.3, 0.4) is 0 Å². The van der Waals surface area contributed by atoms with Crippen LogP contribution in [-0.4, -0.2) is 30.3 Å². The van der Waals surface area contributed by atoms with E-state index in [9.17, 15) is 9.59 Å². The highest BCUT2D eigenvalue weighted by Crippen LogP contribution is 2.35. The van der Waals surface area contributed by atoms with Crippen molar-refractivity contribution in [2.24, 2.45) is 0 Å². The molecule has 1 heterocycles. The second-order valence-corrected chi connectivity index (χ2v) is 7.67. The Hall–Kier alpha value is -2.76. The van der Waals surface area contributed by atoms with Crippen LogP contribution in [0.5, 0.6) is 0 Å². The molecule has 1 aliphatic rings.